The Bertz CT molecular complexity index is 1010. The molecular formula is C21H25Cl2N3O4S. The lowest BCUT2D eigenvalue weighted by atomic mass is 10.2. The average Bonchev–Trinajstić information content (AvgIpc) is 2.75. The Morgan fingerprint density at radius 3 is 2.48 bits per heavy atom. The second kappa shape index (κ2) is 10.7. The van der Waals surface area contributed by atoms with Crippen LogP contribution in [0.3, 0.4) is 0 Å². The number of carbonyl (C=O) groups excluding carboxylic acids is 1. The summed E-state index contributed by atoms with van der Waals surface area (Å²) in [6.45, 7) is 5.47. The van der Waals surface area contributed by atoms with Crippen molar-refractivity contribution in [1.82, 2.24) is 10.2 Å². The molecule has 10 heteroatoms. The van der Waals surface area contributed by atoms with Gasteiger partial charge in [0.05, 0.1) is 28.8 Å². The number of hydrogen-bond acceptors (Lipinski definition) is 5. The standard InChI is InChI=1S/C21H25Cl2N3O4S/c1-16-2-5-18(6-3-16)31(28,29)26(20-14-17(22)4-7-19(20)23)15-21(27)24-8-9-25-10-12-30-13-11-25/h2-7,14H,8-13,15H2,1H3,(H,24,27). The fraction of sp³-hybridized carbons (Fsp3) is 0.381. The first-order valence-electron chi connectivity index (χ1n) is 9.88. The van der Waals surface area contributed by atoms with Crippen molar-refractivity contribution in [3.05, 3.63) is 58.1 Å². The van der Waals surface area contributed by atoms with E-state index in [1.165, 1.54) is 24.3 Å². The third kappa shape index (κ3) is 6.33. The Kier molecular flexibility index (Phi) is 8.18. The maximum Gasteiger partial charge on any atom is 0.264 e. The zero-order valence-electron chi connectivity index (χ0n) is 17.2. The largest absolute Gasteiger partial charge is 0.379 e. The molecule has 1 fully saturated rings. The Morgan fingerprint density at radius 2 is 1.81 bits per heavy atom. The van der Waals surface area contributed by atoms with Crippen molar-refractivity contribution in [2.45, 2.75) is 11.8 Å². The van der Waals surface area contributed by atoms with Crippen LogP contribution in [0.5, 0.6) is 0 Å². The summed E-state index contributed by atoms with van der Waals surface area (Å²) >= 11 is 12.4. The third-order valence-electron chi connectivity index (χ3n) is 4.93. The molecule has 0 spiro atoms. The van der Waals surface area contributed by atoms with Gasteiger partial charge < -0.3 is 10.1 Å². The maximum atomic E-state index is 13.4. The summed E-state index contributed by atoms with van der Waals surface area (Å²) in [5.41, 5.74) is 1.07. The highest BCUT2D eigenvalue weighted by atomic mass is 35.5. The summed E-state index contributed by atoms with van der Waals surface area (Å²) < 4.78 is 33.1. The van der Waals surface area contributed by atoms with Gasteiger partial charge in [0.1, 0.15) is 6.54 Å². The normalized spacial score (nSPS) is 14.9. The zero-order chi connectivity index (χ0) is 22.4. The van der Waals surface area contributed by atoms with Crippen LogP contribution in [0.1, 0.15) is 5.56 Å². The quantitative estimate of drug-likeness (QED) is 0.621. The minimum absolute atomic E-state index is 0.0651. The molecule has 0 bridgehead atoms. The molecule has 1 saturated heterocycles. The van der Waals surface area contributed by atoms with Gasteiger partial charge >= 0.3 is 0 Å². The Hall–Kier alpha value is -1.84. The van der Waals surface area contributed by atoms with Crippen LogP contribution >= 0.6 is 23.2 Å². The van der Waals surface area contributed by atoms with Crippen molar-refractivity contribution in [2.75, 3.05) is 50.2 Å². The van der Waals surface area contributed by atoms with Gasteiger partial charge in [-0.1, -0.05) is 40.9 Å². The number of ether oxygens (including phenoxy) is 1. The summed E-state index contributed by atoms with van der Waals surface area (Å²) in [5, 5.41) is 3.29. The number of nitrogens with zero attached hydrogens (tertiary/aromatic N) is 2. The van der Waals surface area contributed by atoms with Crippen LogP contribution in [-0.4, -0.2) is 65.2 Å². The fourth-order valence-electron chi connectivity index (χ4n) is 3.18. The van der Waals surface area contributed by atoms with Gasteiger partial charge in [-0.15, -0.1) is 0 Å². The lowest BCUT2D eigenvalue weighted by molar-refractivity contribution is -0.119. The maximum absolute atomic E-state index is 13.4. The third-order valence-corrected chi connectivity index (χ3v) is 7.26. The molecule has 0 radical (unpaired) electrons. The molecule has 0 atom stereocenters. The van der Waals surface area contributed by atoms with Crippen LogP contribution in [0.15, 0.2) is 47.4 Å². The summed E-state index contributed by atoms with van der Waals surface area (Å²) in [4.78, 5) is 14.9. The van der Waals surface area contributed by atoms with Crippen LogP contribution in [0.25, 0.3) is 0 Å². The summed E-state index contributed by atoms with van der Waals surface area (Å²) in [5.74, 6) is -0.431. The smallest absolute Gasteiger partial charge is 0.264 e. The first-order valence-corrected chi connectivity index (χ1v) is 12.1. The lowest BCUT2D eigenvalue weighted by Crippen LogP contribution is -2.45. The van der Waals surface area contributed by atoms with Crippen LogP contribution in [0.4, 0.5) is 5.69 Å². The van der Waals surface area contributed by atoms with E-state index in [9.17, 15) is 13.2 Å². The molecule has 1 N–H and O–H groups in total. The molecule has 7 nitrogen and oxygen atoms in total. The highest BCUT2D eigenvalue weighted by molar-refractivity contribution is 7.92. The van der Waals surface area contributed by atoms with E-state index in [0.29, 0.717) is 31.3 Å². The Morgan fingerprint density at radius 1 is 1.13 bits per heavy atom. The molecule has 0 saturated carbocycles. The molecule has 0 aliphatic carbocycles. The first kappa shape index (κ1) is 23.8. The number of benzene rings is 2. The van der Waals surface area contributed by atoms with E-state index in [2.05, 4.69) is 10.2 Å². The van der Waals surface area contributed by atoms with Gasteiger partial charge in [-0.25, -0.2) is 8.42 Å². The molecule has 1 amide bonds. The fourth-order valence-corrected chi connectivity index (χ4v) is 5.05. The van der Waals surface area contributed by atoms with Gasteiger partial charge in [0.2, 0.25) is 5.91 Å². The van der Waals surface area contributed by atoms with Gasteiger partial charge in [-0.2, -0.15) is 0 Å². The SMILES string of the molecule is Cc1ccc(S(=O)(=O)N(CC(=O)NCCN2CCOCC2)c2cc(Cl)ccc2Cl)cc1. The molecular weight excluding hydrogens is 461 g/mol. The van der Waals surface area contributed by atoms with Gasteiger partial charge in [-0.05, 0) is 37.3 Å². The van der Waals surface area contributed by atoms with Crippen molar-refractivity contribution in [1.29, 1.82) is 0 Å². The summed E-state index contributed by atoms with van der Waals surface area (Å²) in [7, 11) is -4.05. The van der Waals surface area contributed by atoms with Crippen LogP contribution in [-0.2, 0) is 19.6 Å². The van der Waals surface area contributed by atoms with Crippen LogP contribution < -0.4 is 9.62 Å². The molecule has 3 rings (SSSR count). The number of anilines is 1. The average molecular weight is 486 g/mol. The van der Waals surface area contributed by atoms with E-state index in [4.69, 9.17) is 27.9 Å². The minimum Gasteiger partial charge on any atom is -0.379 e. The molecule has 2 aromatic rings. The van der Waals surface area contributed by atoms with Crippen LogP contribution in [0.2, 0.25) is 10.0 Å². The molecule has 1 aliphatic heterocycles. The van der Waals surface area contributed by atoms with Crippen molar-refractivity contribution in [3.8, 4) is 0 Å². The van der Waals surface area contributed by atoms with Crippen LogP contribution in [0, 0.1) is 6.92 Å². The van der Waals surface area contributed by atoms with Gasteiger partial charge in [0.25, 0.3) is 10.0 Å². The molecule has 1 heterocycles. The molecule has 0 aromatic heterocycles. The number of halogens is 2. The first-order chi connectivity index (χ1) is 14.8. The van der Waals surface area contributed by atoms with Crippen molar-refractivity contribution >= 4 is 44.8 Å². The number of aryl methyl sites for hydroxylation is 1. The molecule has 168 valence electrons. The predicted octanol–water partition coefficient (Wildman–Crippen LogP) is 2.95. The number of hydrogen-bond donors (Lipinski definition) is 1. The number of amides is 1. The molecule has 0 unspecified atom stereocenters. The van der Waals surface area contributed by atoms with E-state index in [-0.39, 0.29) is 15.6 Å². The number of morpholine rings is 1. The Balaban J connectivity index is 1.79. The summed E-state index contributed by atoms with van der Waals surface area (Å²) in [6.07, 6.45) is 0. The zero-order valence-corrected chi connectivity index (χ0v) is 19.5. The number of nitrogens with one attached hydrogen (secondary N) is 1. The second-order valence-electron chi connectivity index (χ2n) is 7.22. The van der Waals surface area contributed by atoms with Gasteiger partial charge in [0, 0.05) is 31.2 Å². The van der Waals surface area contributed by atoms with Gasteiger partial charge in [-0.3, -0.25) is 14.0 Å². The van der Waals surface area contributed by atoms with E-state index in [1.54, 1.807) is 18.2 Å². The molecule has 31 heavy (non-hydrogen) atoms. The van der Waals surface area contributed by atoms with E-state index in [0.717, 1.165) is 23.0 Å². The van der Waals surface area contributed by atoms with Crippen molar-refractivity contribution in [2.24, 2.45) is 0 Å². The van der Waals surface area contributed by atoms with Crippen molar-refractivity contribution in [3.63, 3.8) is 0 Å². The van der Waals surface area contributed by atoms with E-state index >= 15 is 0 Å². The Labute approximate surface area is 192 Å². The van der Waals surface area contributed by atoms with E-state index in [1.807, 2.05) is 6.92 Å². The second-order valence-corrected chi connectivity index (χ2v) is 9.93. The number of rotatable bonds is 8. The number of carbonyl (C=O) groups is 1. The van der Waals surface area contributed by atoms with Gasteiger partial charge in [0.15, 0.2) is 0 Å². The summed E-state index contributed by atoms with van der Waals surface area (Å²) in [6, 6.07) is 10.9. The van der Waals surface area contributed by atoms with Crippen molar-refractivity contribution < 1.29 is 17.9 Å². The molecule has 1 aliphatic rings. The predicted molar refractivity (Wildman–Crippen MR) is 122 cm³/mol. The topological polar surface area (TPSA) is 79.0 Å². The number of sulfonamides is 1. The minimum atomic E-state index is -4.05. The van der Waals surface area contributed by atoms with E-state index < -0.39 is 22.5 Å². The highest BCUT2D eigenvalue weighted by Crippen LogP contribution is 2.32. The molecule has 2 aromatic carbocycles. The lowest BCUT2D eigenvalue weighted by Gasteiger charge is -2.27. The monoisotopic (exact) mass is 485 g/mol. The highest BCUT2D eigenvalue weighted by Gasteiger charge is 2.29.